The predicted octanol–water partition coefficient (Wildman–Crippen LogP) is 2.86. The standard InChI is InChI=1S/C16H23NO3/c1-5-13(16(18)20-4)10-11-17-12(2)14-6-8-15(19-3)9-7-14/h6-10,12,17H,5,11H2,1-4H3/b13-10-/t12-/m1/s1. The summed E-state index contributed by atoms with van der Waals surface area (Å²) < 4.78 is 9.86. The number of benzene rings is 1. The van der Waals surface area contributed by atoms with Crippen LogP contribution < -0.4 is 10.1 Å². The molecule has 4 heteroatoms. The van der Waals surface area contributed by atoms with Crippen LogP contribution in [-0.4, -0.2) is 26.7 Å². The van der Waals surface area contributed by atoms with E-state index in [9.17, 15) is 4.79 Å². The smallest absolute Gasteiger partial charge is 0.333 e. The van der Waals surface area contributed by atoms with Crippen molar-refractivity contribution in [3.8, 4) is 5.75 Å². The largest absolute Gasteiger partial charge is 0.497 e. The molecule has 0 bridgehead atoms. The van der Waals surface area contributed by atoms with Crippen molar-refractivity contribution in [2.24, 2.45) is 0 Å². The highest BCUT2D eigenvalue weighted by Gasteiger charge is 2.07. The van der Waals surface area contributed by atoms with E-state index in [2.05, 4.69) is 12.2 Å². The van der Waals surface area contributed by atoms with Crippen molar-refractivity contribution < 1.29 is 14.3 Å². The average Bonchev–Trinajstić information content (AvgIpc) is 2.50. The van der Waals surface area contributed by atoms with Crippen molar-refractivity contribution in [1.82, 2.24) is 5.32 Å². The van der Waals surface area contributed by atoms with Gasteiger partial charge in [0.2, 0.25) is 0 Å². The van der Waals surface area contributed by atoms with Crippen LogP contribution in [0.4, 0.5) is 0 Å². The van der Waals surface area contributed by atoms with Crippen LogP contribution in [0.25, 0.3) is 0 Å². The fourth-order valence-electron chi connectivity index (χ4n) is 1.87. The average molecular weight is 277 g/mol. The Balaban J connectivity index is 2.55. The summed E-state index contributed by atoms with van der Waals surface area (Å²) in [6, 6.07) is 8.14. The molecule has 0 aliphatic heterocycles. The highest BCUT2D eigenvalue weighted by molar-refractivity contribution is 5.88. The summed E-state index contributed by atoms with van der Waals surface area (Å²) >= 11 is 0. The lowest BCUT2D eigenvalue weighted by Crippen LogP contribution is -2.19. The first-order chi connectivity index (χ1) is 9.62. The van der Waals surface area contributed by atoms with Gasteiger partial charge in [0.15, 0.2) is 0 Å². The zero-order chi connectivity index (χ0) is 15.0. The molecule has 20 heavy (non-hydrogen) atoms. The van der Waals surface area contributed by atoms with Crippen LogP contribution in [0.15, 0.2) is 35.9 Å². The molecule has 1 rings (SSSR count). The quantitative estimate of drug-likeness (QED) is 0.615. The SMILES string of the molecule is CC/C(=C/CN[C@H](C)c1ccc(OC)cc1)C(=O)OC. The van der Waals surface area contributed by atoms with Crippen LogP contribution in [0.2, 0.25) is 0 Å². The Kier molecular flexibility index (Phi) is 6.81. The molecule has 0 aliphatic carbocycles. The molecule has 0 saturated carbocycles. The van der Waals surface area contributed by atoms with Gasteiger partial charge in [-0.25, -0.2) is 4.79 Å². The molecular formula is C16H23NO3. The lowest BCUT2D eigenvalue weighted by atomic mass is 10.1. The molecular weight excluding hydrogens is 254 g/mol. The first-order valence-corrected chi connectivity index (χ1v) is 6.77. The summed E-state index contributed by atoms with van der Waals surface area (Å²) in [7, 11) is 3.06. The van der Waals surface area contributed by atoms with Gasteiger partial charge in [0.05, 0.1) is 14.2 Å². The molecule has 1 aromatic rings. The number of esters is 1. The normalized spacial score (nSPS) is 12.9. The van der Waals surface area contributed by atoms with Gasteiger partial charge in [-0.05, 0) is 31.0 Å². The molecule has 0 spiro atoms. The third-order valence-corrected chi connectivity index (χ3v) is 3.22. The number of methoxy groups -OCH3 is 2. The third kappa shape index (κ3) is 4.70. The molecule has 1 atom stereocenters. The fourth-order valence-corrected chi connectivity index (χ4v) is 1.87. The van der Waals surface area contributed by atoms with Gasteiger partial charge in [-0.3, -0.25) is 0 Å². The zero-order valence-electron chi connectivity index (χ0n) is 12.6. The maximum Gasteiger partial charge on any atom is 0.333 e. The van der Waals surface area contributed by atoms with Crippen LogP contribution in [0.5, 0.6) is 5.75 Å². The molecule has 0 amide bonds. The molecule has 1 N–H and O–H groups in total. The summed E-state index contributed by atoms with van der Waals surface area (Å²) in [5, 5.41) is 3.36. The van der Waals surface area contributed by atoms with Gasteiger partial charge in [-0.2, -0.15) is 0 Å². The second-order valence-electron chi connectivity index (χ2n) is 4.48. The van der Waals surface area contributed by atoms with Gasteiger partial charge in [0.25, 0.3) is 0 Å². The third-order valence-electron chi connectivity index (χ3n) is 3.22. The first-order valence-electron chi connectivity index (χ1n) is 6.77. The van der Waals surface area contributed by atoms with Gasteiger partial charge in [0, 0.05) is 18.2 Å². The monoisotopic (exact) mass is 277 g/mol. The molecule has 0 radical (unpaired) electrons. The maximum atomic E-state index is 11.4. The summed E-state index contributed by atoms with van der Waals surface area (Å²) in [6.45, 7) is 4.65. The Morgan fingerprint density at radius 2 is 1.95 bits per heavy atom. The molecule has 0 heterocycles. The van der Waals surface area contributed by atoms with E-state index >= 15 is 0 Å². The number of ether oxygens (including phenoxy) is 2. The molecule has 0 fully saturated rings. The minimum atomic E-state index is -0.258. The number of hydrogen-bond acceptors (Lipinski definition) is 4. The van der Waals surface area contributed by atoms with Crippen LogP contribution >= 0.6 is 0 Å². The summed E-state index contributed by atoms with van der Waals surface area (Å²) in [6.07, 6.45) is 2.55. The van der Waals surface area contributed by atoms with Gasteiger partial charge >= 0.3 is 5.97 Å². The second kappa shape index (κ2) is 8.38. The van der Waals surface area contributed by atoms with Crippen molar-refractivity contribution >= 4 is 5.97 Å². The number of carbonyl (C=O) groups is 1. The van der Waals surface area contributed by atoms with Crippen LogP contribution in [0.3, 0.4) is 0 Å². The summed E-state index contributed by atoms with van der Waals surface area (Å²) in [5.41, 5.74) is 1.87. The van der Waals surface area contributed by atoms with Gasteiger partial charge in [-0.1, -0.05) is 25.1 Å². The van der Waals surface area contributed by atoms with E-state index in [1.54, 1.807) is 7.11 Å². The second-order valence-corrected chi connectivity index (χ2v) is 4.48. The van der Waals surface area contributed by atoms with Crippen molar-refractivity contribution in [1.29, 1.82) is 0 Å². The number of hydrogen-bond donors (Lipinski definition) is 1. The van der Waals surface area contributed by atoms with Crippen molar-refractivity contribution in [3.05, 3.63) is 41.5 Å². The summed E-state index contributed by atoms with van der Waals surface area (Å²) in [5.74, 6) is 0.589. The van der Waals surface area contributed by atoms with Crippen molar-refractivity contribution in [3.63, 3.8) is 0 Å². The topological polar surface area (TPSA) is 47.6 Å². The summed E-state index contributed by atoms with van der Waals surface area (Å²) in [4.78, 5) is 11.4. The molecule has 0 unspecified atom stereocenters. The minimum absolute atomic E-state index is 0.202. The van der Waals surface area contributed by atoms with E-state index < -0.39 is 0 Å². The highest BCUT2D eigenvalue weighted by Crippen LogP contribution is 2.17. The fraction of sp³-hybridized carbons (Fsp3) is 0.438. The van der Waals surface area contributed by atoms with Gasteiger partial charge in [-0.15, -0.1) is 0 Å². The Morgan fingerprint density at radius 1 is 1.30 bits per heavy atom. The van der Waals surface area contributed by atoms with Crippen LogP contribution in [-0.2, 0) is 9.53 Å². The van der Waals surface area contributed by atoms with Crippen LogP contribution in [0, 0.1) is 0 Å². The first kappa shape index (κ1) is 16.2. The Morgan fingerprint density at radius 3 is 2.45 bits per heavy atom. The Hall–Kier alpha value is -1.81. The number of rotatable bonds is 7. The van der Waals surface area contributed by atoms with E-state index in [4.69, 9.17) is 9.47 Å². The van der Waals surface area contributed by atoms with Gasteiger partial charge in [0.1, 0.15) is 5.75 Å². The van der Waals surface area contributed by atoms with Crippen LogP contribution in [0.1, 0.15) is 31.9 Å². The van der Waals surface area contributed by atoms with E-state index in [1.165, 1.54) is 12.7 Å². The maximum absolute atomic E-state index is 11.4. The minimum Gasteiger partial charge on any atom is -0.497 e. The highest BCUT2D eigenvalue weighted by atomic mass is 16.5. The molecule has 0 aliphatic rings. The molecule has 0 aromatic heterocycles. The number of carbonyl (C=O) groups excluding carboxylic acids is 1. The Bertz CT molecular complexity index is 451. The number of nitrogens with one attached hydrogen (secondary N) is 1. The molecule has 4 nitrogen and oxygen atoms in total. The Labute approximate surface area is 120 Å². The molecule has 1 aromatic carbocycles. The lowest BCUT2D eigenvalue weighted by Gasteiger charge is -2.13. The predicted molar refractivity (Wildman–Crippen MR) is 79.8 cm³/mol. The van der Waals surface area contributed by atoms with E-state index in [0.29, 0.717) is 18.5 Å². The lowest BCUT2D eigenvalue weighted by molar-refractivity contribution is -0.136. The molecule has 0 saturated heterocycles. The van der Waals surface area contributed by atoms with E-state index in [-0.39, 0.29) is 12.0 Å². The van der Waals surface area contributed by atoms with Crippen molar-refractivity contribution in [2.75, 3.05) is 20.8 Å². The molecule has 110 valence electrons. The van der Waals surface area contributed by atoms with E-state index in [0.717, 1.165) is 5.75 Å². The van der Waals surface area contributed by atoms with Gasteiger partial charge < -0.3 is 14.8 Å². The van der Waals surface area contributed by atoms with Crippen molar-refractivity contribution in [2.45, 2.75) is 26.3 Å². The zero-order valence-corrected chi connectivity index (χ0v) is 12.6. The van der Waals surface area contributed by atoms with E-state index in [1.807, 2.05) is 37.3 Å².